The molecule has 2 N–H and O–H groups in total. The SMILES string of the molecule is CC1C(=O)N(C)c2cnc(Nc3cccc(C(=O)NC4CCC(N5CCN(CC6CC6)CC5)CC4)c3)cc2N1Cc1ccccc1. The highest BCUT2D eigenvalue weighted by molar-refractivity contribution is 6.05. The Morgan fingerprint density at radius 1 is 0.891 bits per heavy atom. The molecule has 3 heterocycles. The normalized spacial score (nSPS) is 24.0. The molecule has 2 aliphatic carbocycles. The molecular formula is C37H47N7O2. The molecule has 9 nitrogen and oxygen atoms in total. The number of piperazine rings is 1. The van der Waals surface area contributed by atoms with Crippen molar-refractivity contribution in [2.75, 3.05) is 54.9 Å². The van der Waals surface area contributed by atoms with Gasteiger partial charge in [-0.15, -0.1) is 0 Å². The highest BCUT2D eigenvalue weighted by Gasteiger charge is 2.34. The Bertz CT molecular complexity index is 1530. The number of nitrogens with zero attached hydrogens (tertiary/aromatic N) is 5. The van der Waals surface area contributed by atoms with E-state index in [1.165, 1.54) is 45.6 Å². The van der Waals surface area contributed by atoms with E-state index in [0.717, 1.165) is 54.2 Å². The molecule has 242 valence electrons. The molecule has 1 unspecified atom stereocenters. The van der Waals surface area contributed by atoms with Crippen LogP contribution in [0, 0.1) is 5.92 Å². The van der Waals surface area contributed by atoms with Crippen LogP contribution in [-0.4, -0.2) is 84.5 Å². The fourth-order valence-corrected chi connectivity index (χ4v) is 7.45. The van der Waals surface area contributed by atoms with Crippen molar-refractivity contribution in [1.29, 1.82) is 0 Å². The van der Waals surface area contributed by atoms with Crippen molar-refractivity contribution >= 4 is 34.7 Å². The number of nitrogens with one attached hydrogen (secondary N) is 2. The van der Waals surface area contributed by atoms with Gasteiger partial charge in [-0.1, -0.05) is 36.4 Å². The van der Waals surface area contributed by atoms with Crippen LogP contribution in [0.25, 0.3) is 0 Å². The molecule has 0 radical (unpaired) electrons. The highest BCUT2D eigenvalue weighted by atomic mass is 16.2. The largest absolute Gasteiger partial charge is 0.354 e. The smallest absolute Gasteiger partial charge is 0.251 e. The van der Waals surface area contributed by atoms with Crippen LogP contribution >= 0.6 is 0 Å². The summed E-state index contributed by atoms with van der Waals surface area (Å²) in [5, 5.41) is 6.72. The number of pyridine rings is 1. The molecule has 1 saturated heterocycles. The fourth-order valence-electron chi connectivity index (χ4n) is 7.45. The van der Waals surface area contributed by atoms with E-state index in [-0.39, 0.29) is 23.9 Å². The quantitative estimate of drug-likeness (QED) is 0.337. The number of amides is 2. The van der Waals surface area contributed by atoms with Gasteiger partial charge in [0.2, 0.25) is 5.91 Å². The Labute approximate surface area is 273 Å². The Morgan fingerprint density at radius 3 is 2.39 bits per heavy atom. The molecule has 0 bridgehead atoms. The number of likely N-dealkylation sites (N-methyl/N-ethyl adjacent to an activating group) is 1. The van der Waals surface area contributed by atoms with Gasteiger partial charge >= 0.3 is 0 Å². The molecule has 2 amide bonds. The molecule has 4 aliphatic rings. The molecule has 2 saturated carbocycles. The van der Waals surface area contributed by atoms with E-state index in [4.69, 9.17) is 0 Å². The lowest BCUT2D eigenvalue weighted by Crippen LogP contribution is -2.52. The first-order valence-electron chi connectivity index (χ1n) is 17.1. The van der Waals surface area contributed by atoms with Gasteiger partial charge in [0.1, 0.15) is 11.9 Å². The summed E-state index contributed by atoms with van der Waals surface area (Å²) in [4.78, 5) is 40.2. The van der Waals surface area contributed by atoms with Crippen molar-refractivity contribution < 1.29 is 9.59 Å². The zero-order chi connectivity index (χ0) is 31.6. The van der Waals surface area contributed by atoms with Gasteiger partial charge in [-0.25, -0.2) is 4.98 Å². The lowest BCUT2D eigenvalue weighted by atomic mass is 9.89. The van der Waals surface area contributed by atoms with Gasteiger partial charge in [0.15, 0.2) is 0 Å². The number of fused-ring (bicyclic) bond motifs is 1. The molecule has 7 rings (SSSR count). The molecular weight excluding hydrogens is 574 g/mol. The molecule has 3 aromatic rings. The van der Waals surface area contributed by atoms with Crippen molar-refractivity contribution in [1.82, 2.24) is 20.1 Å². The van der Waals surface area contributed by atoms with Gasteiger partial charge in [0.05, 0.1) is 17.6 Å². The van der Waals surface area contributed by atoms with E-state index >= 15 is 0 Å². The van der Waals surface area contributed by atoms with Gasteiger partial charge in [-0.05, 0) is 75.1 Å². The van der Waals surface area contributed by atoms with Crippen LogP contribution in [-0.2, 0) is 11.3 Å². The second-order valence-electron chi connectivity index (χ2n) is 13.7. The first-order chi connectivity index (χ1) is 22.4. The second-order valence-corrected chi connectivity index (χ2v) is 13.7. The third-order valence-corrected chi connectivity index (χ3v) is 10.4. The summed E-state index contributed by atoms with van der Waals surface area (Å²) in [6.07, 6.45) is 8.98. The molecule has 3 fully saturated rings. The summed E-state index contributed by atoms with van der Waals surface area (Å²) < 4.78 is 0. The predicted octanol–water partition coefficient (Wildman–Crippen LogP) is 5.27. The number of carbonyl (C=O) groups excluding carboxylic acids is 2. The van der Waals surface area contributed by atoms with Gasteiger partial charge in [0, 0.05) is 75.7 Å². The summed E-state index contributed by atoms with van der Waals surface area (Å²) in [6.45, 7) is 8.66. The van der Waals surface area contributed by atoms with E-state index in [9.17, 15) is 9.59 Å². The van der Waals surface area contributed by atoms with Crippen molar-refractivity contribution in [3.63, 3.8) is 0 Å². The van der Waals surface area contributed by atoms with Crippen LogP contribution in [0.5, 0.6) is 0 Å². The van der Waals surface area contributed by atoms with Crippen LogP contribution in [0.2, 0.25) is 0 Å². The standard InChI is InChI=1S/C37H47N7O2/c1-26-37(46)41(2)34-23-38-35(22-33(34)44(26)25-27-7-4-3-5-8-27)39-31-10-6-9-29(21-31)36(45)40-30-13-15-32(16-14-30)43-19-17-42(18-20-43)24-28-11-12-28/h3-10,21-23,26,28,30,32H,11-20,24-25H2,1-2H3,(H,38,39)(H,40,45). The maximum Gasteiger partial charge on any atom is 0.251 e. The highest BCUT2D eigenvalue weighted by Crippen LogP contribution is 2.38. The minimum Gasteiger partial charge on any atom is -0.354 e. The van der Waals surface area contributed by atoms with Crippen LogP contribution < -0.4 is 20.4 Å². The molecule has 2 aromatic carbocycles. The van der Waals surface area contributed by atoms with Crippen LogP contribution in [0.4, 0.5) is 22.9 Å². The summed E-state index contributed by atoms with van der Waals surface area (Å²) in [7, 11) is 1.80. The fraction of sp³-hybridized carbons (Fsp3) is 0.486. The number of anilines is 4. The first kappa shape index (κ1) is 30.7. The van der Waals surface area contributed by atoms with E-state index < -0.39 is 0 Å². The Kier molecular flexibility index (Phi) is 8.95. The maximum absolute atomic E-state index is 13.3. The Balaban J connectivity index is 0.960. The summed E-state index contributed by atoms with van der Waals surface area (Å²) in [5.41, 5.74) is 4.30. The van der Waals surface area contributed by atoms with Gasteiger partial charge < -0.3 is 25.3 Å². The summed E-state index contributed by atoms with van der Waals surface area (Å²) in [6, 6.07) is 20.4. The maximum atomic E-state index is 13.3. The zero-order valence-electron chi connectivity index (χ0n) is 27.2. The molecule has 2 aliphatic heterocycles. The number of hydrogen-bond donors (Lipinski definition) is 2. The van der Waals surface area contributed by atoms with Crippen molar-refractivity contribution in [3.8, 4) is 0 Å². The molecule has 1 aromatic heterocycles. The first-order valence-corrected chi connectivity index (χ1v) is 17.1. The van der Waals surface area contributed by atoms with Gasteiger partial charge in [-0.3, -0.25) is 14.5 Å². The van der Waals surface area contributed by atoms with Crippen molar-refractivity contribution in [2.24, 2.45) is 5.92 Å². The lowest BCUT2D eigenvalue weighted by molar-refractivity contribution is -0.119. The lowest BCUT2D eigenvalue weighted by Gasteiger charge is -2.42. The predicted molar refractivity (Wildman–Crippen MR) is 184 cm³/mol. The zero-order valence-corrected chi connectivity index (χ0v) is 27.2. The van der Waals surface area contributed by atoms with E-state index in [1.807, 2.05) is 55.5 Å². The second kappa shape index (κ2) is 13.4. The van der Waals surface area contributed by atoms with Gasteiger partial charge in [-0.2, -0.15) is 0 Å². The van der Waals surface area contributed by atoms with Crippen LogP contribution in [0.3, 0.4) is 0 Å². The number of hydrogen-bond acceptors (Lipinski definition) is 7. The minimum absolute atomic E-state index is 0.0258. The van der Waals surface area contributed by atoms with Crippen molar-refractivity contribution in [3.05, 3.63) is 78.0 Å². The van der Waals surface area contributed by atoms with Gasteiger partial charge in [0.25, 0.3) is 5.91 Å². The van der Waals surface area contributed by atoms with E-state index in [1.54, 1.807) is 18.1 Å². The number of benzene rings is 2. The van der Waals surface area contributed by atoms with Crippen molar-refractivity contribution in [2.45, 2.75) is 70.1 Å². The average Bonchev–Trinajstić information content (AvgIpc) is 3.91. The number of carbonyl (C=O) groups is 2. The average molecular weight is 622 g/mol. The van der Waals surface area contributed by atoms with E-state index in [0.29, 0.717) is 24.0 Å². The monoisotopic (exact) mass is 621 g/mol. The summed E-state index contributed by atoms with van der Waals surface area (Å²) >= 11 is 0. The van der Waals surface area contributed by atoms with Crippen LogP contribution in [0.15, 0.2) is 66.9 Å². The minimum atomic E-state index is -0.308. The third-order valence-electron chi connectivity index (χ3n) is 10.4. The Morgan fingerprint density at radius 2 is 1.65 bits per heavy atom. The number of aromatic nitrogens is 1. The molecule has 0 spiro atoms. The number of rotatable bonds is 9. The van der Waals surface area contributed by atoms with Crippen LogP contribution in [0.1, 0.15) is 61.4 Å². The molecule has 9 heteroatoms. The Hall–Kier alpha value is -3.95. The molecule has 46 heavy (non-hydrogen) atoms. The summed E-state index contributed by atoms with van der Waals surface area (Å²) in [5.74, 6) is 1.65. The van der Waals surface area contributed by atoms with E-state index in [2.05, 4.69) is 42.5 Å². The molecule has 1 atom stereocenters. The third kappa shape index (κ3) is 6.90. The topological polar surface area (TPSA) is 84.0 Å².